The van der Waals surface area contributed by atoms with E-state index in [2.05, 4.69) is 32.7 Å². The van der Waals surface area contributed by atoms with Crippen LogP contribution in [0.3, 0.4) is 0 Å². The van der Waals surface area contributed by atoms with Gasteiger partial charge in [0.1, 0.15) is 0 Å². The maximum atomic E-state index is 5.06. The number of hydrogen-bond acceptors (Lipinski definition) is 3. The van der Waals surface area contributed by atoms with E-state index in [0.29, 0.717) is 6.04 Å². The van der Waals surface area contributed by atoms with Crippen LogP contribution < -0.4 is 5.32 Å². The summed E-state index contributed by atoms with van der Waals surface area (Å²) in [7, 11) is 0. The van der Waals surface area contributed by atoms with Crippen molar-refractivity contribution in [1.82, 2.24) is 5.32 Å². The second-order valence-corrected chi connectivity index (χ2v) is 4.76. The van der Waals surface area contributed by atoms with Crippen molar-refractivity contribution in [1.29, 1.82) is 0 Å². The monoisotopic (exact) mass is 247 g/mol. The van der Waals surface area contributed by atoms with Crippen molar-refractivity contribution < 1.29 is 4.74 Å². The molecule has 0 unspecified atom stereocenters. The van der Waals surface area contributed by atoms with Gasteiger partial charge in [-0.2, -0.15) is 0 Å². The molecule has 0 amide bonds. The number of hydrogen-bond donors (Lipinski definition) is 1. The Bertz CT molecular complexity index is 259. The summed E-state index contributed by atoms with van der Waals surface area (Å²) in [5.74, 6) is 0. The minimum absolute atomic E-state index is 0.575. The minimum atomic E-state index is 0.575. The lowest BCUT2D eigenvalue weighted by atomic mass is 10.2. The molecular formula is C8H10BrNOS. The van der Waals surface area contributed by atoms with Gasteiger partial charge in [0.25, 0.3) is 0 Å². The van der Waals surface area contributed by atoms with Gasteiger partial charge in [-0.15, -0.1) is 11.3 Å². The smallest absolute Gasteiger partial charge is 0.0643 e. The van der Waals surface area contributed by atoms with Crippen molar-refractivity contribution in [3.63, 3.8) is 0 Å². The first-order valence-corrected chi connectivity index (χ1v) is 5.56. The van der Waals surface area contributed by atoms with Crippen molar-refractivity contribution in [3.8, 4) is 0 Å². The zero-order valence-corrected chi connectivity index (χ0v) is 8.95. The Morgan fingerprint density at radius 1 is 1.67 bits per heavy atom. The molecule has 0 radical (unpaired) electrons. The molecule has 1 aromatic heterocycles. The van der Waals surface area contributed by atoms with Crippen LogP contribution in [0.5, 0.6) is 0 Å². The standard InChI is InChI=1S/C8H10BrNOS/c9-6-1-8(12-5-6)2-10-7-3-11-4-7/h1,5,7,10H,2-4H2. The molecule has 66 valence electrons. The van der Waals surface area contributed by atoms with Gasteiger partial charge >= 0.3 is 0 Å². The molecular weight excluding hydrogens is 238 g/mol. The van der Waals surface area contributed by atoms with E-state index in [9.17, 15) is 0 Å². The second-order valence-electron chi connectivity index (χ2n) is 2.85. The number of halogens is 1. The van der Waals surface area contributed by atoms with Crippen LogP contribution in [0.4, 0.5) is 0 Å². The van der Waals surface area contributed by atoms with Gasteiger partial charge in [-0.25, -0.2) is 0 Å². The molecule has 4 heteroatoms. The molecule has 0 atom stereocenters. The van der Waals surface area contributed by atoms with Crippen LogP contribution >= 0.6 is 27.3 Å². The number of ether oxygens (including phenoxy) is 1. The maximum Gasteiger partial charge on any atom is 0.0643 e. The van der Waals surface area contributed by atoms with Crippen molar-refractivity contribution >= 4 is 27.3 Å². The minimum Gasteiger partial charge on any atom is -0.378 e. The van der Waals surface area contributed by atoms with E-state index in [1.807, 2.05) is 0 Å². The summed E-state index contributed by atoms with van der Waals surface area (Å²) in [6.07, 6.45) is 0. The van der Waals surface area contributed by atoms with Gasteiger partial charge in [-0.05, 0) is 22.0 Å². The Kier molecular flexibility index (Phi) is 2.80. The van der Waals surface area contributed by atoms with Crippen LogP contribution in [-0.2, 0) is 11.3 Å². The highest BCUT2D eigenvalue weighted by atomic mass is 79.9. The first-order valence-electron chi connectivity index (χ1n) is 3.88. The van der Waals surface area contributed by atoms with E-state index in [1.54, 1.807) is 11.3 Å². The third-order valence-corrected chi connectivity index (χ3v) is 3.52. The molecule has 0 spiro atoms. The fraction of sp³-hybridized carbons (Fsp3) is 0.500. The summed E-state index contributed by atoms with van der Waals surface area (Å²) >= 11 is 5.20. The molecule has 2 heterocycles. The van der Waals surface area contributed by atoms with Crippen molar-refractivity contribution in [2.45, 2.75) is 12.6 Å². The van der Waals surface area contributed by atoms with E-state index < -0.39 is 0 Å². The average molecular weight is 248 g/mol. The first kappa shape index (κ1) is 8.69. The van der Waals surface area contributed by atoms with E-state index >= 15 is 0 Å². The third kappa shape index (κ3) is 2.07. The molecule has 0 aliphatic carbocycles. The van der Waals surface area contributed by atoms with Gasteiger partial charge in [0.05, 0.1) is 19.3 Å². The lowest BCUT2D eigenvalue weighted by molar-refractivity contribution is -0.00567. The molecule has 0 bridgehead atoms. The Morgan fingerprint density at radius 3 is 3.00 bits per heavy atom. The maximum absolute atomic E-state index is 5.06. The molecule has 1 N–H and O–H groups in total. The predicted octanol–water partition coefficient (Wildman–Crippen LogP) is 2.00. The molecule has 1 saturated heterocycles. The second kappa shape index (κ2) is 3.87. The van der Waals surface area contributed by atoms with E-state index in [-0.39, 0.29) is 0 Å². The summed E-state index contributed by atoms with van der Waals surface area (Å²) < 4.78 is 6.24. The highest BCUT2D eigenvalue weighted by molar-refractivity contribution is 9.10. The van der Waals surface area contributed by atoms with E-state index in [0.717, 1.165) is 19.8 Å². The SMILES string of the molecule is Brc1csc(CNC2COC2)c1. The lowest BCUT2D eigenvalue weighted by Gasteiger charge is -2.26. The van der Waals surface area contributed by atoms with Gasteiger partial charge < -0.3 is 10.1 Å². The van der Waals surface area contributed by atoms with Gasteiger partial charge in [-0.1, -0.05) is 0 Å². The van der Waals surface area contributed by atoms with Gasteiger partial charge in [0, 0.05) is 21.3 Å². The average Bonchev–Trinajstić information content (AvgIpc) is 2.32. The zero-order valence-electron chi connectivity index (χ0n) is 6.55. The molecule has 12 heavy (non-hydrogen) atoms. The summed E-state index contributed by atoms with van der Waals surface area (Å²) in [5, 5.41) is 5.52. The van der Waals surface area contributed by atoms with Crippen molar-refractivity contribution in [2.75, 3.05) is 13.2 Å². The van der Waals surface area contributed by atoms with E-state index in [1.165, 1.54) is 9.35 Å². The molecule has 1 aliphatic heterocycles. The lowest BCUT2D eigenvalue weighted by Crippen LogP contribution is -2.45. The van der Waals surface area contributed by atoms with Crippen LogP contribution in [0.2, 0.25) is 0 Å². The number of nitrogens with one attached hydrogen (secondary N) is 1. The fourth-order valence-corrected chi connectivity index (χ4v) is 2.45. The fourth-order valence-electron chi connectivity index (χ4n) is 1.04. The molecule has 1 aliphatic rings. The molecule has 0 saturated carbocycles. The largest absolute Gasteiger partial charge is 0.378 e. The van der Waals surface area contributed by atoms with Crippen molar-refractivity contribution in [3.05, 3.63) is 20.8 Å². The third-order valence-electron chi connectivity index (χ3n) is 1.82. The van der Waals surface area contributed by atoms with Crippen LogP contribution in [0.1, 0.15) is 4.88 Å². The van der Waals surface area contributed by atoms with Crippen LogP contribution in [-0.4, -0.2) is 19.3 Å². The predicted molar refractivity (Wildman–Crippen MR) is 53.5 cm³/mol. The van der Waals surface area contributed by atoms with Crippen LogP contribution in [0.15, 0.2) is 15.9 Å². The topological polar surface area (TPSA) is 21.3 Å². The zero-order chi connectivity index (χ0) is 8.39. The number of thiophene rings is 1. The Balaban J connectivity index is 1.79. The van der Waals surface area contributed by atoms with Crippen molar-refractivity contribution in [2.24, 2.45) is 0 Å². The quantitative estimate of drug-likeness (QED) is 0.883. The Hall–Kier alpha value is 0.1000. The summed E-state index contributed by atoms with van der Waals surface area (Å²) in [4.78, 5) is 1.37. The highest BCUT2D eigenvalue weighted by Crippen LogP contribution is 2.19. The number of rotatable bonds is 3. The first-order chi connectivity index (χ1) is 5.84. The van der Waals surface area contributed by atoms with Gasteiger partial charge in [-0.3, -0.25) is 0 Å². The summed E-state index contributed by atoms with van der Waals surface area (Å²) in [6.45, 7) is 2.70. The molecule has 2 rings (SSSR count). The normalized spacial score (nSPS) is 17.8. The van der Waals surface area contributed by atoms with E-state index in [4.69, 9.17) is 4.74 Å². The summed E-state index contributed by atoms with van der Waals surface area (Å²) in [6, 6.07) is 2.72. The molecule has 1 aromatic rings. The Labute approximate surface area is 84.1 Å². The van der Waals surface area contributed by atoms with Crippen LogP contribution in [0, 0.1) is 0 Å². The summed E-state index contributed by atoms with van der Waals surface area (Å²) in [5.41, 5.74) is 0. The molecule has 2 nitrogen and oxygen atoms in total. The molecule has 0 aromatic carbocycles. The van der Waals surface area contributed by atoms with Gasteiger partial charge in [0.15, 0.2) is 0 Å². The highest BCUT2D eigenvalue weighted by Gasteiger charge is 2.16. The Morgan fingerprint density at radius 2 is 2.50 bits per heavy atom. The van der Waals surface area contributed by atoms with Gasteiger partial charge in [0.2, 0.25) is 0 Å². The van der Waals surface area contributed by atoms with Crippen LogP contribution in [0.25, 0.3) is 0 Å². The molecule has 1 fully saturated rings.